The summed E-state index contributed by atoms with van der Waals surface area (Å²) >= 11 is 0. The molecule has 126 valence electrons. The molecule has 0 aromatic heterocycles. The van der Waals surface area contributed by atoms with E-state index in [1.54, 1.807) is 0 Å². The van der Waals surface area contributed by atoms with Crippen LogP contribution in [0.5, 0.6) is 0 Å². The van der Waals surface area contributed by atoms with Gasteiger partial charge in [-0.15, -0.1) is 0 Å². The maximum Gasteiger partial charge on any atom is 0.328 e. The summed E-state index contributed by atoms with van der Waals surface area (Å²) in [4.78, 5) is 24.6. The molecule has 0 radical (unpaired) electrons. The Morgan fingerprint density at radius 3 is 2.65 bits per heavy atom. The molecular formula is C18H26N2O3. The van der Waals surface area contributed by atoms with Crippen LogP contribution in [-0.2, 0) is 20.9 Å². The number of hydrogen-bond acceptors (Lipinski definition) is 4. The van der Waals surface area contributed by atoms with E-state index in [9.17, 15) is 9.59 Å². The van der Waals surface area contributed by atoms with Crippen molar-refractivity contribution in [2.75, 3.05) is 6.54 Å². The van der Waals surface area contributed by atoms with Crippen LogP contribution in [0, 0.1) is 5.92 Å². The molecule has 1 aromatic carbocycles. The normalized spacial score (nSPS) is 18.7. The van der Waals surface area contributed by atoms with Crippen LogP contribution in [0.2, 0.25) is 0 Å². The topological polar surface area (TPSA) is 67.4 Å². The van der Waals surface area contributed by atoms with Gasteiger partial charge in [0.2, 0.25) is 5.91 Å². The number of ether oxygens (including phenoxy) is 1. The second-order valence-electron chi connectivity index (χ2n) is 6.43. The molecule has 1 aliphatic heterocycles. The smallest absolute Gasteiger partial charge is 0.328 e. The first-order valence-electron chi connectivity index (χ1n) is 8.30. The Balaban J connectivity index is 1.90. The number of carbonyl (C=O) groups is 2. The number of esters is 1. The molecule has 1 aliphatic rings. The minimum absolute atomic E-state index is 0.107. The standard InChI is InChI=1S/C18H26N2O3/c1-13(2)11-16(20-17(21)15-9-6-10-19-15)18(22)23-12-14-7-4-3-5-8-14/h3-5,7-8,13,15-16,19H,6,9-12H2,1-2H3,(H,20,21). The summed E-state index contributed by atoms with van der Waals surface area (Å²) in [5, 5.41) is 6.00. The largest absolute Gasteiger partial charge is 0.459 e. The van der Waals surface area contributed by atoms with E-state index in [1.165, 1.54) is 0 Å². The fourth-order valence-corrected chi connectivity index (χ4v) is 2.70. The van der Waals surface area contributed by atoms with Crippen molar-refractivity contribution in [1.82, 2.24) is 10.6 Å². The van der Waals surface area contributed by atoms with Crippen LogP contribution in [0.25, 0.3) is 0 Å². The molecule has 2 unspecified atom stereocenters. The van der Waals surface area contributed by atoms with Gasteiger partial charge in [0, 0.05) is 0 Å². The Kier molecular flexibility index (Phi) is 6.59. The molecule has 23 heavy (non-hydrogen) atoms. The molecule has 2 rings (SSSR count). The van der Waals surface area contributed by atoms with Crippen molar-refractivity contribution in [3.05, 3.63) is 35.9 Å². The summed E-state index contributed by atoms with van der Waals surface area (Å²) < 4.78 is 5.38. The van der Waals surface area contributed by atoms with Gasteiger partial charge >= 0.3 is 5.97 Å². The fraction of sp³-hybridized carbons (Fsp3) is 0.556. The number of carbonyl (C=O) groups excluding carboxylic acids is 2. The lowest BCUT2D eigenvalue weighted by Gasteiger charge is -2.21. The van der Waals surface area contributed by atoms with Gasteiger partial charge in [0.1, 0.15) is 12.6 Å². The van der Waals surface area contributed by atoms with Gasteiger partial charge < -0.3 is 15.4 Å². The Labute approximate surface area is 137 Å². The minimum atomic E-state index is -0.589. The molecule has 0 aliphatic carbocycles. The molecule has 2 atom stereocenters. The van der Waals surface area contributed by atoms with E-state index < -0.39 is 6.04 Å². The molecule has 5 heteroatoms. The summed E-state index contributed by atoms with van der Waals surface area (Å²) in [6, 6.07) is 8.77. The summed E-state index contributed by atoms with van der Waals surface area (Å²) in [5.41, 5.74) is 0.938. The van der Waals surface area contributed by atoms with E-state index in [0.29, 0.717) is 12.3 Å². The molecular weight excluding hydrogens is 292 g/mol. The Hall–Kier alpha value is -1.88. The lowest BCUT2D eigenvalue weighted by molar-refractivity contribution is -0.149. The maximum absolute atomic E-state index is 12.3. The zero-order chi connectivity index (χ0) is 16.7. The molecule has 5 nitrogen and oxygen atoms in total. The molecule has 0 saturated carbocycles. The van der Waals surface area contributed by atoms with Gasteiger partial charge in [0.25, 0.3) is 0 Å². The highest BCUT2D eigenvalue weighted by Crippen LogP contribution is 2.11. The Morgan fingerprint density at radius 1 is 1.30 bits per heavy atom. The van der Waals surface area contributed by atoms with Crippen molar-refractivity contribution < 1.29 is 14.3 Å². The number of hydrogen-bond donors (Lipinski definition) is 2. The lowest BCUT2D eigenvalue weighted by atomic mass is 10.0. The predicted octanol–water partition coefficient (Wildman–Crippen LogP) is 2.01. The van der Waals surface area contributed by atoms with Crippen molar-refractivity contribution in [2.45, 2.75) is 51.8 Å². The zero-order valence-corrected chi connectivity index (χ0v) is 13.9. The quantitative estimate of drug-likeness (QED) is 0.755. The van der Waals surface area contributed by atoms with Crippen LogP contribution in [0.15, 0.2) is 30.3 Å². The summed E-state index contributed by atoms with van der Waals surface area (Å²) in [7, 11) is 0. The number of benzene rings is 1. The van der Waals surface area contributed by atoms with Crippen molar-refractivity contribution in [3.63, 3.8) is 0 Å². The monoisotopic (exact) mass is 318 g/mol. The highest BCUT2D eigenvalue weighted by Gasteiger charge is 2.28. The molecule has 1 heterocycles. The predicted molar refractivity (Wildman–Crippen MR) is 88.6 cm³/mol. The van der Waals surface area contributed by atoms with E-state index in [4.69, 9.17) is 4.74 Å². The van der Waals surface area contributed by atoms with E-state index in [0.717, 1.165) is 24.9 Å². The van der Waals surface area contributed by atoms with E-state index in [-0.39, 0.29) is 24.5 Å². The zero-order valence-electron chi connectivity index (χ0n) is 13.9. The van der Waals surface area contributed by atoms with Crippen LogP contribution in [0.4, 0.5) is 0 Å². The third-order valence-electron chi connectivity index (χ3n) is 3.91. The van der Waals surface area contributed by atoms with Crippen molar-refractivity contribution >= 4 is 11.9 Å². The third kappa shape index (κ3) is 5.67. The third-order valence-corrected chi connectivity index (χ3v) is 3.91. The van der Waals surface area contributed by atoms with Crippen LogP contribution < -0.4 is 10.6 Å². The number of nitrogens with one attached hydrogen (secondary N) is 2. The van der Waals surface area contributed by atoms with Crippen molar-refractivity contribution in [2.24, 2.45) is 5.92 Å². The van der Waals surface area contributed by atoms with Crippen LogP contribution >= 0.6 is 0 Å². The summed E-state index contributed by atoms with van der Waals surface area (Å²) in [5.74, 6) is -0.181. The molecule has 0 bridgehead atoms. The van der Waals surface area contributed by atoms with Gasteiger partial charge in [0.05, 0.1) is 6.04 Å². The highest BCUT2D eigenvalue weighted by molar-refractivity contribution is 5.87. The molecule has 1 fully saturated rings. The summed E-state index contributed by atoms with van der Waals surface area (Å²) in [6.07, 6.45) is 2.39. The fourth-order valence-electron chi connectivity index (χ4n) is 2.70. The number of rotatable bonds is 7. The van der Waals surface area contributed by atoms with Crippen LogP contribution in [-0.4, -0.2) is 30.5 Å². The van der Waals surface area contributed by atoms with Gasteiger partial charge in [-0.25, -0.2) is 4.79 Å². The van der Waals surface area contributed by atoms with Crippen LogP contribution in [0.3, 0.4) is 0 Å². The van der Waals surface area contributed by atoms with E-state index in [2.05, 4.69) is 10.6 Å². The molecule has 0 spiro atoms. The minimum Gasteiger partial charge on any atom is -0.459 e. The average Bonchev–Trinajstić information content (AvgIpc) is 3.07. The first-order chi connectivity index (χ1) is 11.1. The van der Waals surface area contributed by atoms with Crippen molar-refractivity contribution in [3.8, 4) is 0 Å². The van der Waals surface area contributed by atoms with Gasteiger partial charge in [0.15, 0.2) is 0 Å². The molecule has 2 N–H and O–H groups in total. The van der Waals surface area contributed by atoms with E-state index in [1.807, 2.05) is 44.2 Å². The van der Waals surface area contributed by atoms with Crippen LogP contribution in [0.1, 0.15) is 38.7 Å². The summed E-state index contributed by atoms with van der Waals surface area (Å²) in [6.45, 7) is 5.13. The molecule has 1 amide bonds. The number of amides is 1. The Morgan fingerprint density at radius 2 is 2.04 bits per heavy atom. The van der Waals surface area contributed by atoms with Crippen molar-refractivity contribution in [1.29, 1.82) is 0 Å². The maximum atomic E-state index is 12.3. The average molecular weight is 318 g/mol. The van der Waals surface area contributed by atoms with Gasteiger partial charge in [-0.3, -0.25) is 4.79 Å². The van der Waals surface area contributed by atoms with Gasteiger partial charge in [-0.1, -0.05) is 44.2 Å². The van der Waals surface area contributed by atoms with Gasteiger partial charge in [-0.2, -0.15) is 0 Å². The molecule has 1 aromatic rings. The molecule has 1 saturated heterocycles. The highest BCUT2D eigenvalue weighted by atomic mass is 16.5. The first-order valence-corrected chi connectivity index (χ1v) is 8.30. The second kappa shape index (κ2) is 8.67. The second-order valence-corrected chi connectivity index (χ2v) is 6.43. The SMILES string of the molecule is CC(C)CC(NC(=O)C1CCCN1)C(=O)OCc1ccccc1. The Bertz CT molecular complexity index is 510. The first kappa shape index (κ1) is 17.5. The van der Waals surface area contributed by atoms with E-state index >= 15 is 0 Å². The van der Waals surface area contributed by atoms with Gasteiger partial charge in [-0.05, 0) is 37.3 Å². The lowest BCUT2D eigenvalue weighted by Crippen LogP contribution is -2.49.